The molecule has 0 bridgehead atoms. The second-order valence-electron chi connectivity index (χ2n) is 4.09. The van der Waals surface area contributed by atoms with E-state index in [-0.39, 0.29) is 18.4 Å². The van der Waals surface area contributed by atoms with Crippen LogP contribution >= 0.6 is 35.6 Å². The number of halogens is 3. The third-order valence-electron chi connectivity index (χ3n) is 2.57. The van der Waals surface area contributed by atoms with Gasteiger partial charge in [-0.15, -0.1) is 12.4 Å². The lowest BCUT2D eigenvalue weighted by molar-refractivity contribution is 0.313. The average Bonchev–Trinajstić information content (AvgIpc) is 2.31. The number of ether oxygens (including phenoxy) is 1. The monoisotopic (exact) mass is 311 g/mol. The molecule has 18 heavy (non-hydrogen) atoms. The van der Waals surface area contributed by atoms with Gasteiger partial charge in [0.15, 0.2) is 0 Å². The molecule has 1 unspecified atom stereocenters. The molecule has 0 fully saturated rings. The number of hydrogen-bond donors (Lipinski definition) is 1. The highest BCUT2D eigenvalue weighted by Crippen LogP contribution is 2.31. The van der Waals surface area contributed by atoms with E-state index in [1.165, 1.54) is 0 Å². The maximum Gasteiger partial charge on any atom is 0.124 e. The highest BCUT2D eigenvalue weighted by molar-refractivity contribution is 6.42. The summed E-state index contributed by atoms with van der Waals surface area (Å²) in [6, 6.07) is 3.75. The molecule has 1 rings (SSSR count). The molecule has 2 N–H and O–H groups in total. The Morgan fingerprint density at radius 2 is 1.83 bits per heavy atom. The molecule has 1 aromatic rings. The number of nitrogens with two attached hydrogens (primary N) is 1. The highest BCUT2D eigenvalue weighted by Gasteiger charge is 2.11. The van der Waals surface area contributed by atoms with E-state index in [1.54, 1.807) is 6.07 Å². The van der Waals surface area contributed by atoms with E-state index in [1.807, 2.05) is 6.07 Å². The third-order valence-corrected chi connectivity index (χ3v) is 3.29. The summed E-state index contributed by atoms with van der Waals surface area (Å²) in [4.78, 5) is 0. The van der Waals surface area contributed by atoms with Crippen molar-refractivity contribution in [3.05, 3.63) is 27.7 Å². The zero-order valence-corrected chi connectivity index (χ0v) is 13.0. The number of hydrogen-bond acceptors (Lipinski definition) is 2. The molecule has 0 amide bonds. The summed E-state index contributed by atoms with van der Waals surface area (Å²) < 4.78 is 5.67. The molecular formula is C13H20Cl3NO. The summed E-state index contributed by atoms with van der Waals surface area (Å²) in [5.74, 6) is 0.796. The van der Waals surface area contributed by atoms with Crippen LogP contribution in [-0.4, -0.2) is 12.6 Å². The van der Waals surface area contributed by atoms with E-state index in [0.29, 0.717) is 16.7 Å². The molecule has 0 aromatic heterocycles. The zero-order valence-electron chi connectivity index (χ0n) is 10.7. The minimum Gasteiger partial charge on any atom is -0.493 e. The van der Waals surface area contributed by atoms with Crippen LogP contribution in [0.25, 0.3) is 0 Å². The summed E-state index contributed by atoms with van der Waals surface area (Å²) in [7, 11) is 0. The lowest BCUT2D eigenvalue weighted by Gasteiger charge is -2.15. The van der Waals surface area contributed by atoms with Crippen LogP contribution < -0.4 is 10.5 Å². The second-order valence-corrected chi connectivity index (χ2v) is 4.91. The van der Waals surface area contributed by atoms with Gasteiger partial charge in [-0.1, -0.05) is 37.0 Å². The predicted octanol–water partition coefficient (Wildman–Crippen LogP) is 4.48. The lowest BCUT2D eigenvalue weighted by atomic mass is 10.0. The molecule has 0 aliphatic heterocycles. The molecule has 0 aliphatic carbocycles. The first-order valence-corrected chi connectivity index (χ1v) is 6.70. The molecule has 5 heteroatoms. The van der Waals surface area contributed by atoms with E-state index < -0.39 is 0 Å². The maximum absolute atomic E-state index is 6.02. The summed E-state index contributed by atoms with van der Waals surface area (Å²) in [6.45, 7) is 4.80. The average molecular weight is 313 g/mol. The van der Waals surface area contributed by atoms with Gasteiger partial charge in [-0.25, -0.2) is 0 Å². The molecule has 1 aromatic carbocycles. The van der Waals surface area contributed by atoms with Gasteiger partial charge in [0.2, 0.25) is 0 Å². The van der Waals surface area contributed by atoms with E-state index >= 15 is 0 Å². The topological polar surface area (TPSA) is 35.2 Å². The zero-order chi connectivity index (χ0) is 12.8. The Balaban J connectivity index is 0.00000289. The minimum absolute atomic E-state index is 0. The first-order valence-electron chi connectivity index (χ1n) is 5.94. The standard InChI is InChI=1S/C13H19Cl2NO.ClH/c1-3-5-17-13-8-12(15)11(14)7-9(13)6-10(16)4-2;/h7-8,10H,3-6,16H2,1-2H3;1H. The quantitative estimate of drug-likeness (QED) is 0.840. The minimum atomic E-state index is 0. The van der Waals surface area contributed by atoms with Gasteiger partial charge in [-0.05, 0) is 30.9 Å². The van der Waals surface area contributed by atoms with Crippen molar-refractivity contribution >= 4 is 35.6 Å². The van der Waals surface area contributed by atoms with Crippen LogP contribution in [0, 0.1) is 0 Å². The molecule has 0 aliphatic rings. The van der Waals surface area contributed by atoms with Crippen molar-refractivity contribution in [2.75, 3.05) is 6.61 Å². The molecule has 104 valence electrons. The fourth-order valence-electron chi connectivity index (χ4n) is 1.50. The van der Waals surface area contributed by atoms with E-state index in [9.17, 15) is 0 Å². The fourth-order valence-corrected chi connectivity index (χ4v) is 1.84. The van der Waals surface area contributed by atoms with Gasteiger partial charge in [-0.3, -0.25) is 0 Å². The van der Waals surface area contributed by atoms with Crippen molar-refractivity contribution in [2.24, 2.45) is 5.73 Å². The van der Waals surface area contributed by atoms with Gasteiger partial charge in [-0.2, -0.15) is 0 Å². The highest BCUT2D eigenvalue weighted by atomic mass is 35.5. The maximum atomic E-state index is 6.02. The number of benzene rings is 1. The van der Waals surface area contributed by atoms with Crippen molar-refractivity contribution in [1.82, 2.24) is 0 Å². The van der Waals surface area contributed by atoms with Crippen LogP contribution in [0.4, 0.5) is 0 Å². The Kier molecular flexibility index (Phi) is 8.79. The largest absolute Gasteiger partial charge is 0.493 e. The van der Waals surface area contributed by atoms with E-state index in [2.05, 4.69) is 13.8 Å². The van der Waals surface area contributed by atoms with Crippen molar-refractivity contribution in [3.8, 4) is 5.75 Å². The molecule has 0 saturated carbocycles. The Bertz CT molecular complexity index is 371. The predicted molar refractivity (Wildman–Crippen MR) is 81.5 cm³/mol. The molecule has 0 heterocycles. The molecule has 1 atom stereocenters. The Morgan fingerprint density at radius 1 is 1.22 bits per heavy atom. The van der Waals surface area contributed by atoms with Crippen molar-refractivity contribution in [3.63, 3.8) is 0 Å². The van der Waals surface area contributed by atoms with E-state index in [0.717, 1.165) is 30.6 Å². The van der Waals surface area contributed by atoms with Crippen LogP contribution in [0.1, 0.15) is 32.3 Å². The van der Waals surface area contributed by atoms with Gasteiger partial charge in [0.05, 0.1) is 16.7 Å². The first kappa shape index (κ1) is 17.8. The molecule has 2 nitrogen and oxygen atoms in total. The normalized spacial score (nSPS) is 11.8. The molecule has 0 saturated heterocycles. The van der Waals surface area contributed by atoms with Gasteiger partial charge in [0.25, 0.3) is 0 Å². The van der Waals surface area contributed by atoms with Crippen molar-refractivity contribution < 1.29 is 4.74 Å². The van der Waals surface area contributed by atoms with Crippen LogP contribution in [-0.2, 0) is 6.42 Å². The number of rotatable bonds is 6. The van der Waals surface area contributed by atoms with E-state index in [4.69, 9.17) is 33.7 Å². The lowest BCUT2D eigenvalue weighted by Crippen LogP contribution is -2.21. The molecule has 0 spiro atoms. The van der Waals surface area contributed by atoms with Crippen LogP contribution in [0.15, 0.2) is 12.1 Å². The first-order chi connectivity index (χ1) is 8.08. The van der Waals surface area contributed by atoms with Gasteiger partial charge < -0.3 is 10.5 Å². The smallest absolute Gasteiger partial charge is 0.124 e. The van der Waals surface area contributed by atoms with Gasteiger partial charge in [0, 0.05) is 12.1 Å². The SMILES string of the molecule is CCCOc1cc(Cl)c(Cl)cc1CC(N)CC.Cl. The Hall–Kier alpha value is -0.150. The molecular weight excluding hydrogens is 293 g/mol. The van der Waals surface area contributed by atoms with Gasteiger partial charge >= 0.3 is 0 Å². The Morgan fingerprint density at radius 3 is 2.39 bits per heavy atom. The summed E-state index contributed by atoms with van der Waals surface area (Å²) in [6.07, 6.45) is 2.64. The summed E-state index contributed by atoms with van der Waals surface area (Å²) in [5.41, 5.74) is 6.99. The Labute approximate surface area is 125 Å². The summed E-state index contributed by atoms with van der Waals surface area (Å²) >= 11 is 12.0. The fraction of sp³-hybridized carbons (Fsp3) is 0.538. The van der Waals surface area contributed by atoms with Crippen molar-refractivity contribution in [1.29, 1.82) is 0 Å². The van der Waals surface area contributed by atoms with Crippen LogP contribution in [0.3, 0.4) is 0 Å². The molecule has 0 radical (unpaired) electrons. The second kappa shape index (κ2) is 8.87. The van der Waals surface area contributed by atoms with Gasteiger partial charge in [0.1, 0.15) is 5.75 Å². The third kappa shape index (κ3) is 5.23. The van der Waals surface area contributed by atoms with Crippen LogP contribution in [0.5, 0.6) is 5.75 Å². The van der Waals surface area contributed by atoms with Crippen molar-refractivity contribution in [2.45, 2.75) is 39.2 Å². The summed E-state index contributed by atoms with van der Waals surface area (Å²) in [5, 5.41) is 1.07. The van der Waals surface area contributed by atoms with Crippen LogP contribution in [0.2, 0.25) is 10.0 Å².